The molecule has 0 saturated heterocycles. The van der Waals surface area contributed by atoms with Gasteiger partial charge in [-0.2, -0.15) is 0 Å². The number of carbonyl (C=O) groups is 4. The van der Waals surface area contributed by atoms with E-state index in [-0.39, 0.29) is 18.9 Å². The molecule has 8 nitrogen and oxygen atoms in total. The molecular weight excluding hydrogens is 340 g/mol. The van der Waals surface area contributed by atoms with Crippen molar-refractivity contribution in [3.05, 3.63) is 29.8 Å². The number of ether oxygens (including phenoxy) is 2. The molecule has 0 atom stereocenters. The maximum absolute atomic E-state index is 11.8. The molecule has 0 aliphatic carbocycles. The van der Waals surface area contributed by atoms with E-state index in [9.17, 15) is 19.2 Å². The highest BCUT2D eigenvalue weighted by atomic mass is 16.5. The minimum absolute atomic E-state index is 0.260. The lowest BCUT2D eigenvalue weighted by molar-refractivity contribution is -0.147. The number of anilines is 1. The third kappa shape index (κ3) is 8.27. The summed E-state index contributed by atoms with van der Waals surface area (Å²) in [6.45, 7) is 3.28. The van der Waals surface area contributed by atoms with Gasteiger partial charge < -0.3 is 20.1 Å². The van der Waals surface area contributed by atoms with Crippen LogP contribution in [0, 0.1) is 0 Å². The van der Waals surface area contributed by atoms with E-state index >= 15 is 0 Å². The number of hydrogen-bond acceptors (Lipinski definition) is 6. The Hall–Kier alpha value is -2.90. The minimum atomic E-state index is -0.702. The molecule has 0 saturated carbocycles. The van der Waals surface area contributed by atoms with Crippen molar-refractivity contribution >= 4 is 29.4 Å². The molecule has 0 radical (unpaired) electrons. The summed E-state index contributed by atoms with van der Waals surface area (Å²) in [4.78, 5) is 45.9. The fourth-order valence-electron chi connectivity index (χ4n) is 1.77. The van der Waals surface area contributed by atoms with Gasteiger partial charge >= 0.3 is 11.9 Å². The normalized spacial score (nSPS) is 9.92. The Morgan fingerprint density at radius 1 is 0.962 bits per heavy atom. The van der Waals surface area contributed by atoms with Crippen molar-refractivity contribution in [3.8, 4) is 0 Å². The van der Waals surface area contributed by atoms with Gasteiger partial charge in [0.05, 0.1) is 12.2 Å². The van der Waals surface area contributed by atoms with E-state index < -0.39 is 24.5 Å². The van der Waals surface area contributed by atoms with Crippen LogP contribution in [-0.4, -0.2) is 43.5 Å². The van der Waals surface area contributed by atoms with Gasteiger partial charge in [-0.15, -0.1) is 0 Å². The fraction of sp³-hybridized carbons (Fsp3) is 0.444. The Balaban J connectivity index is 2.37. The highest BCUT2D eigenvalue weighted by Crippen LogP contribution is 2.11. The summed E-state index contributed by atoms with van der Waals surface area (Å²) in [5.41, 5.74) is 0.840. The van der Waals surface area contributed by atoms with Crippen LogP contribution in [0.15, 0.2) is 24.3 Å². The number of hydrogen-bond donors (Lipinski definition) is 2. The fourth-order valence-corrected chi connectivity index (χ4v) is 1.77. The topological polar surface area (TPSA) is 111 Å². The van der Waals surface area contributed by atoms with Gasteiger partial charge in [0.1, 0.15) is 6.54 Å². The Bertz CT molecular complexity index is 627. The van der Waals surface area contributed by atoms with Crippen LogP contribution in [0.25, 0.3) is 0 Å². The molecule has 1 rings (SSSR count). The zero-order valence-corrected chi connectivity index (χ0v) is 15.0. The summed E-state index contributed by atoms with van der Waals surface area (Å²) < 4.78 is 9.84. The Labute approximate surface area is 152 Å². The molecule has 0 aliphatic rings. The largest absolute Gasteiger partial charge is 0.462 e. The zero-order valence-electron chi connectivity index (χ0n) is 15.0. The lowest BCUT2D eigenvalue weighted by Crippen LogP contribution is -2.31. The quantitative estimate of drug-likeness (QED) is 0.482. The van der Waals surface area contributed by atoms with Crippen LogP contribution in [0.2, 0.25) is 0 Å². The van der Waals surface area contributed by atoms with Crippen LogP contribution in [0.5, 0.6) is 0 Å². The molecule has 1 aromatic carbocycles. The van der Waals surface area contributed by atoms with Crippen LogP contribution in [0.3, 0.4) is 0 Å². The van der Waals surface area contributed by atoms with Crippen molar-refractivity contribution in [2.24, 2.45) is 0 Å². The van der Waals surface area contributed by atoms with Crippen molar-refractivity contribution in [1.29, 1.82) is 0 Å². The SMILES string of the molecule is CCCCOC(=O)c1ccc(NC(=O)COC(=O)CNC(=O)CC)cc1. The van der Waals surface area contributed by atoms with E-state index in [4.69, 9.17) is 9.47 Å². The van der Waals surface area contributed by atoms with Gasteiger partial charge in [-0.25, -0.2) is 4.79 Å². The molecule has 142 valence electrons. The molecule has 26 heavy (non-hydrogen) atoms. The molecule has 0 fully saturated rings. The van der Waals surface area contributed by atoms with Crippen molar-refractivity contribution in [2.75, 3.05) is 25.1 Å². The molecule has 0 bridgehead atoms. The second kappa shape index (κ2) is 11.6. The van der Waals surface area contributed by atoms with Crippen LogP contribution >= 0.6 is 0 Å². The average Bonchev–Trinajstić information content (AvgIpc) is 2.65. The number of esters is 2. The minimum Gasteiger partial charge on any atom is -0.462 e. The van der Waals surface area contributed by atoms with E-state index in [1.54, 1.807) is 19.1 Å². The van der Waals surface area contributed by atoms with E-state index in [1.807, 2.05) is 6.92 Å². The third-order valence-electron chi connectivity index (χ3n) is 3.25. The summed E-state index contributed by atoms with van der Waals surface area (Å²) in [7, 11) is 0. The number of carbonyl (C=O) groups excluding carboxylic acids is 4. The number of unbranched alkanes of at least 4 members (excludes halogenated alkanes) is 1. The third-order valence-corrected chi connectivity index (χ3v) is 3.25. The zero-order chi connectivity index (χ0) is 19.4. The lowest BCUT2D eigenvalue weighted by atomic mass is 10.2. The Kier molecular flexibility index (Phi) is 9.45. The summed E-state index contributed by atoms with van der Waals surface area (Å²) >= 11 is 0. The highest BCUT2D eigenvalue weighted by molar-refractivity contribution is 5.94. The molecule has 0 spiro atoms. The second-order valence-corrected chi connectivity index (χ2v) is 5.41. The first-order valence-electron chi connectivity index (χ1n) is 8.45. The van der Waals surface area contributed by atoms with Gasteiger partial charge in [0.15, 0.2) is 6.61 Å². The van der Waals surface area contributed by atoms with Gasteiger partial charge in [-0.1, -0.05) is 20.3 Å². The molecule has 2 amide bonds. The van der Waals surface area contributed by atoms with Crippen molar-refractivity contribution in [2.45, 2.75) is 33.1 Å². The summed E-state index contributed by atoms with van der Waals surface area (Å²) in [5, 5.41) is 4.89. The summed E-state index contributed by atoms with van der Waals surface area (Å²) in [6.07, 6.45) is 2.00. The molecule has 0 unspecified atom stereocenters. The first-order valence-corrected chi connectivity index (χ1v) is 8.45. The van der Waals surface area contributed by atoms with Crippen molar-refractivity contribution in [1.82, 2.24) is 5.32 Å². The molecule has 0 aromatic heterocycles. The van der Waals surface area contributed by atoms with E-state index in [1.165, 1.54) is 12.1 Å². The van der Waals surface area contributed by atoms with Gasteiger partial charge in [0, 0.05) is 12.1 Å². The maximum atomic E-state index is 11.8. The number of benzene rings is 1. The van der Waals surface area contributed by atoms with E-state index in [2.05, 4.69) is 10.6 Å². The highest BCUT2D eigenvalue weighted by Gasteiger charge is 2.10. The van der Waals surface area contributed by atoms with Crippen LogP contribution in [0.1, 0.15) is 43.5 Å². The number of nitrogens with one attached hydrogen (secondary N) is 2. The summed E-state index contributed by atoms with van der Waals surface area (Å²) in [6, 6.07) is 6.18. The van der Waals surface area contributed by atoms with Gasteiger partial charge in [0.2, 0.25) is 5.91 Å². The predicted molar refractivity (Wildman–Crippen MR) is 94.5 cm³/mol. The first-order chi connectivity index (χ1) is 12.5. The average molecular weight is 364 g/mol. The number of rotatable bonds is 10. The molecule has 8 heteroatoms. The lowest BCUT2D eigenvalue weighted by Gasteiger charge is -2.08. The molecule has 0 aliphatic heterocycles. The Morgan fingerprint density at radius 2 is 1.65 bits per heavy atom. The first kappa shape index (κ1) is 21.1. The smallest absolute Gasteiger partial charge is 0.338 e. The van der Waals surface area contributed by atoms with Gasteiger partial charge in [-0.05, 0) is 30.7 Å². The predicted octanol–water partition coefficient (Wildman–Crippen LogP) is 1.65. The molecular formula is C18H24N2O6. The monoisotopic (exact) mass is 364 g/mol. The van der Waals surface area contributed by atoms with Crippen LogP contribution in [0.4, 0.5) is 5.69 Å². The summed E-state index contributed by atoms with van der Waals surface area (Å²) in [5.74, 6) is -1.93. The second-order valence-electron chi connectivity index (χ2n) is 5.41. The van der Waals surface area contributed by atoms with E-state index in [0.29, 0.717) is 17.9 Å². The van der Waals surface area contributed by atoms with Crippen molar-refractivity contribution < 1.29 is 28.7 Å². The van der Waals surface area contributed by atoms with Gasteiger partial charge in [0.25, 0.3) is 5.91 Å². The van der Waals surface area contributed by atoms with E-state index in [0.717, 1.165) is 12.8 Å². The molecule has 2 N–H and O–H groups in total. The molecule has 1 aromatic rings. The van der Waals surface area contributed by atoms with Crippen LogP contribution < -0.4 is 10.6 Å². The molecule has 0 heterocycles. The number of amides is 2. The maximum Gasteiger partial charge on any atom is 0.338 e. The van der Waals surface area contributed by atoms with Gasteiger partial charge in [-0.3, -0.25) is 14.4 Å². The van der Waals surface area contributed by atoms with Crippen LogP contribution in [-0.2, 0) is 23.9 Å². The van der Waals surface area contributed by atoms with Crippen molar-refractivity contribution in [3.63, 3.8) is 0 Å². The Morgan fingerprint density at radius 3 is 2.27 bits per heavy atom. The standard InChI is InChI=1S/C18H24N2O6/c1-3-5-10-25-18(24)13-6-8-14(9-7-13)20-16(22)12-26-17(23)11-19-15(21)4-2/h6-9H,3-5,10-12H2,1-2H3,(H,19,21)(H,20,22).